The Morgan fingerprint density at radius 3 is 3.16 bits per heavy atom. The average Bonchev–Trinajstić information content (AvgIpc) is 3.07. The molecule has 5 heteroatoms. The average molecular weight is 282 g/mol. The molecule has 1 amide bonds. The Balaban J connectivity index is 1.89. The van der Waals surface area contributed by atoms with Crippen LogP contribution in [0.25, 0.3) is 0 Å². The lowest BCUT2D eigenvalue weighted by Gasteiger charge is -2.23. The van der Waals surface area contributed by atoms with Crippen molar-refractivity contribution < 1.29 is 9.53 Å². The quantitative estimate of drug-likeness (QED) is 0.830. The van der Waals surface area contributed by atoms with Crippen LogP contribution in [-0.2, 0) is 16.1 Å². The summed E-state index contributed by atoms with van der Waals surface area (Å²) < 4.78 is 5.11. The van der Waals surface area contributed by atoms with E-state index in [4.69, 9.17) is 4.74 Å². The lowest BCUT2D eigenvalue weighted by Crippen LogP contribution is -2.37. The zero-order valence-electron chi connectivity index (χ0n) is 11.4. The number of amides is 1. The summed E-state index contributed by atoms with van der Waals surface area (Å²) in [6, 6.07) is 4.46. The van der Waals surface area contributed by atoms with Gasteiger partial charge in [0.15, 0.2) is 0 Å². The number of nitrogens with zero attached hydrogens (tertiary/aromatic N) is 1. The molecule has 0 bridgehead atoms. The first kappa shape index (κ1) is 14.5. The van der Waals surface area contributed by atoms with Gasteiger partial charge in [-0.2, -0.15) is 0 Å². The second kappa shape index (κ2) is 7.62. The second-order valence-corrected chi connectivity index (χ2v) is 5.92. The maximum Gasteiger partial charge on any atom is 0.224 e. The van der Waals surface area contributed by atoms with E-state index in [0.29, 0.717) is 32.2 Å². The molecule has 1 aromatic rings. The smallest absolute Gasteiger partial charge is 0.224 e. The van der Waals surface area contributed by atoms with Gasteiger partial charge in [0.25, 0.3) is 0 Å². The van der Waals surface area contributed by atoms with Gasteiger partial charge in [-0.15, -0.1) is 11.3 Å². The molecule has 0 radical (unpaired) electrons. The van der Waals surface area contributed by atoms with Crippen LogP contribution in [0.5, 0.6) is 0 Å². The van der Waals surface area contributed by atoms with Gasteiger partial charge < -0.3 is 15.0 Å². The topological polar surface area (TPSA) is 41.6 Å². The van der Waals surface area contributed by atoms with E-state index < -0.39 is 0 Å². The molecule has 1 N–H and O–H groups in total. The lowest BCUT2D eigenvalue weighted by atomic mass is 10.1. The molecule has 19 heavy (non-hydrogen) atoms. The van der Waals surface area contributed by atoms with Gasteiger partial charge in [-0.05, 0) is 30.8 Å². The number of hydrogen-bond donors (Lipinski definition) is 1. The predicted octanol–water partition coefficient (Wildman–Crippen LogP) is 1.87. The van der Waals surface area contributed by atoms with Gasteiger partial charge in [-0.25, -0.2) is 0 Å². The van der Waals surface area contributed by atoms with Crippen molar-refractivity contribution in [1.82, 2.24) is 10.2 Å². The van der Waals surface area contributed by atoms with E-state index in [2.05, 4.69) is 11.4 Å². The zero-order chi connectivity index (χ0) is 13.5. The number of ether oxygens (including phenoxy) is 1. The van der Waals surface area contributed by atoms with Crippen molar-refractivity contribution in [2.45, 2.75) is 31.8 Å². The summed E-state index contributed by atoms with van der Waals surface area (Å²) in [7, 11) is 1.67. The first-order chi connectivity index (χ1) is 9.29. The highest BCUT2D eigenvalue weighted by molar-refractivity contribution is 7.09. The number of rotatable bonds is 7. The first-order valence-corrected chi connectivity index (χ1v) is 7.70. The van der Waals surface area contributed by atoms with Gasteiger partial charge in [-0.3, -0.25) is 4.79 Å². The number of nitrogens with one attached hydrogen (secondary N) is 1. The van der Waals surface area contributed by atoms with Gasteiger partial charge >= 0.3 is 0 Å². The fraction of sp³-hybridized carbons (Fsp3) is 0.643. The number of carbonyl (C=O) groups is 1. The van der Waals surface area contributed by atoms with Crippen molar-refractivity contribution in [3.05, 3.63) is 22.4 Å². The molecule has 2 heterocycles. The van der Waals surface area contributed by atoms with Crippen LogP contribution >= 0.6 is 11.3 Å². The normalized spacial score (nSPS) is 18.7. The van der Waals surface area contributed by atoms with Crippen molar-refractivity contribution in [1.29, 1.82) is 0 Å². The summed E-state index contributed by atoms with van der Waals surface area (Å²) in [5.41, 5.74) is 0. The Labute approximate surface area is 118 Å². The highest BCUT2D eigenvalue weighted by Crippen LogP contribution is 2.15. The molecule has 0 saturated carbocycles. The Bertz CT molecular complexity index is 375. The van der Waals surface area contributed by atoms with Crippen LogP contribution in [0.15, 0.2) is 17.5 Å². The van der Waals surface area contributed by atoms with Crippen LogP contribution in [0.1, 0.15) is 24.1 Å². The summed E-state index contributed by atoms with van der Waals surface area (Å²) in [5, 5.41) is 5.43. The van der Waals surface area contributed by atoms with Crippen molar-refractivity contribution >= 4 is 17.2 Å². The summed E-state index contributed by atoms with van der Waals surface area (Å²) in [6.07, 6.45) is 2.90. The van der Waals surface area contributed by atoms with Crippen LogP contribution in [0.2, 0.25) is 0 Å². The van der Waals surface area contributed by atoms with Gasteiger partial charge in [0.1, 0.15) is 0 Å². The number of hydrogen-bond acceptors (Lipinski definition) is 4. The van der Waals surface area contributed by atoms with Crippen molar-refractivity contribution in [3.63, 3.8) is 0 Å². The molecule has 2 rings (SSSR count). The molecular weight excluding hydrogens is 260 g/mol. The molecule has 4 nitrogen and oxygen atoms in total. The van der Waals surface area contributed by atoms with E-state index in [0.717, 1.165) is 13.0 Å². The molecule has 0 aliphatic carbocycles. The highest BCUT2D eigenvalue weighted by atomic mass is 32.1. The summed E-state index contributed by atoms with van der Waals surface area (Å²) in [4.78, 5) is 15.5. The fourth-order valence-electron chi connectivity index (χ4n) is 2.35. The van der Waals surface area contributed by atoms with E-state index in [9.17, 15) is 4.79 Å². The molecule has 106 valence electrons. The van der Waals surface area contributed by atoms with Crippen LogP contribution in [0.3, 0.4) is 0 Å². The minimum absolute atomic E-state index is 0.227. The molecule has 1 atom stereocenters. The minimum Gasteiger partial charge on any atom is -0.383 e. The Hall–Kier alpha value is -0.910. The monoisotopic (exact) mass is 282 g/mol. The minimum atomic E-state index is 0.227. The van der Waals surface area contributed by atoms with Crippen molar-refractivity contribution in [2.24, 2.45) is 0 Å². The van der Waals surface area contributed by atoms with E-state index >= 15 is 0 Å². The summed E-state index contributed by atoms with van der Waals surface area (Å²) in [6.45, 7) is 3.00. The Kier molecular flexibility index (Phi) is 5.82. The van der Waals surface area contributed by atoms with Gasteiger partial charge in [0.2, 0.25) is 5.91 Å². The van der Waals surface area contributed by atoms with Gasteiger partial charge in [0, 0.05) is 31.0 Å². The largest absolute Gasteiger partial charge is 0.383 e. The molecule has 1 aliphatic rings. The van der Waals surface area contributed by atoms with Crippen LogP contribution < -0.4 is 5.32 Å². The van der Waals surface area contributed by atoms with Crippen LogP contribution in [0, 0.1) is 0 Å². The maximum atomic E-state index is 12.4. The maximum absolute atomic E-state index is 12.4. The molecule has 1 aromatic heterocycles. The highest BCUT2D eigenvalue weighted by Gasteiger charge is 2.21. The van der Waals surface area contributed by atoms with Crippen molar-refractivity contribution in [3.8, 4) is 0 Å². The first-order valence-electron chi connectivity index (χ1n) is 6.82. The third kappa shape index (κ3) is 4.60. The summed E-state index contributed by atoms with van der Waals surface area (Å²) in [5.74, 6) is 0.227. The Morgan fingerprint density at radius 2 is 2.53 bits per heavy atom. The van der Waals surface area contributed by atoms with E-state index in [1.54, 1.807) is 18.4 Å². The number of carbonyl (C=O) groups excluding carboxylic acids is 1. The molecule has 0 aromatic carbocycles. The van der Waals surface area contributed by atoms with Gasteiger partial charge in [0.05, 0.1) is 13.2 Å². The third-order valence-corrected chi connectivity index (χ3v) is 4.29. The number of methoxy groups -OCH3 is 1. The standard InChI is InChI=1S/C14H22N2O2S/c1-18-8-7-16(11-13-5-3-9-19-13)14(17)10-12-4-2-6-15-12/h3,5,9,12,15H,2,4,6-8,10-11H2,1H3. The van der Waals surface area contributed by atoms with E-state index in [-0.39, 0.29) is 5.91 Å². The molecule has 1 saturated heterocycles. The predicted molar refractivity (Wildman–Crippen MR) is 77.3 cm³/mol. The second-order valence-electron chi connectivity index (χ2n) is 4.88. The zero-order valence-corrected chi connectivity index (χ0v) is 12.2. The SMILES string of the molecule is COCCN(Cc1cccs1)C(=O)CC1CCCN1. The fourth-order valence-corrected chi connectivity index (χ4v) is 3.07. The third-order valence-electron chi connectivity index (χ3n) is 3.43. The van der Waals surface area contributed by atoms with Gasteiger partial charge in [-0.1, -0.05) is 6.07 Å². The van der Waals surface area contributed by atoms with E-state index in [1.807, 2.05) is 16.3 Å². The lowest BCUT2D eigenvalue weighted by molar-refractivity contribution is -0.132. The molecule has 0 spiro atoms. The molecule has 1 unspecified atom stereocenters. The van der Waals surface area contributed by atoms with E-state index in [1.165, 1.54) is 11.3 Å². The molecule has 1 aliphatic heterocycles. The van der Waals surface area contributed by atoms with Crippen molar-refractivity contribution in [2.75, 3.05) is 26.8 Å². The van der Waals surface area contributed by atoms with Crippen LogP contribution in [0.4, 0.5) is 0 Å². The van der Waals surface area contributed by atoms with Crippen LogP contribution in [-0.4, -0.2) is 43.7 Å². The number of thiophene rings is 1. The Morgan fingerprint density at radius 1 is 1.63 bits per heavy atom. The summed E-state index contributed by atoms with van der Waals surface area (Å²) >= 11 is 1.69. The molecule has 1 fully saturated rings. The molecular formula is C14H22N2O2S.